The van der Waals surface area contributed by atoms with Crippen LogP contribution in [0, 0.1) is 23.7 Å². The van der Waals surface area contributed by atoms with Crippen LogP contribution in [0.3, 0.4) is 0 Å². The molecule has 2 saturated carbocycles. The molecule has 7 fully saturated rings. The highest BCUT2D eigenvalue weighted by Crippen LogP contribution is 2.71. The Bertz CT molecular complexity index is 1610. The molecule has 0 radical (unpaired) electrons. The lowest BCUT2D eigenvalue weighted by Crippen LogP contribution is -2.76. The highest BCUT2D eigenvalue weighted by molar-refractivity contribution is 5.72. The van der Waals surface area contributed by atoms with Crippen molar-refractivity contribution in [3.63, 3.8) is 0 Å². The first kappa shape index (κ1) is 23.7. The Morgan fingerprint density at radius 3 is 1.59 bits per heavy atom. The minimum Gasteiger partial charge on any atom is -0.354 e. The van der Waals surface area contributed by atoms with Crippen molar-refractivity contribution in [2.75, 3.05) is 49.2 Å². The maximum absolute atomic E-state index is 7.36. The summed E-state index contributed by atoms with van der Waals surface area (Å²) < 4.78 is 14.7. The largest absolute Gasteiger partial charge is 0.354 e. The minimum atomic E-state index is 0.0792. The number of anilines is 2. The summed E-state index contributed by atoms with van der Waals surface area (Å²) in [5, 5.41) is 0. The molecule has 4 bridgehead atoms. The van der Waals surface area contributed by atoms with E-state index in [2.05, 4.69) is 80.3 Å². The predicted octanol–water partition coefficient (Wildman–Crippen LogP) is 4.27. The zero-order chi connectivity index (χ0) is 28.1. The van der Waals surface area contributed by atoms with Gasteiger partial charge in [-0.25, -0.2) is 0 Å². The van der Waals surface area contributed by atoms with Crippen molar-refractivity contribution in [3.8, 4) is 0 Å². The molecule has 2 aromatic carbocycles. The van der Waals surface area contributed by atoms with Crippen molar-refractivity contribution < 1.29 is 9.47 Å². The first-order chi connectivity index (χ1) is 21.8. The normalized spacial score (nSPS) is 49.4. The van der Waals surface area contributed by atoms with Crippen molar-refractivity contribution in [2.24, 2.45) is 23.7 Å². The summed E-state index contributed by atoms with van der Waals surface area (Å²) in [6, 6.07) is 21.3. The highest BCUT2D eigenvalue weighted by atomic mass is 16.5. The second-order valence-electron chi connectivity index (χ2n) is 16.1. The van der Waals surface area contributed by atoms with E-state index in [4.69, 9.17) is 9.47 Å². The Balaban J connectivity index is 1.15. The second-order valence-corrected chi connectivity index (χ2v) is 16.1. The van der Waals surface area contributed by atoms with Gasteiger partial charge >= 0.3 is 0 Å². The molecule has 0 aromatic heterocycles. The van der Waals surface area contributed by atoms with Gasteiger partial charge in [-0.1, -0.05) is 59.7 Å². The lowest BCUT2D eigenvalue weighted by molar-refractivity contribution is -0.105. The standard InChI is InChI=1S/C38H40N4O2/c1-3-7-27-25(5-1)37-11-13-39-19-21-10-16-44-36-31(23(21)17-29(37)39)33(37)41(27)35-32-24-18-30-38(12-14-40(30)20-22(24)9-15-43-35)26-6-2-4-8-28(26)42(36)34(32)38/h1-10,23-24,29-36H,11-20H2/t23-,24-,29-,30+,31-,32-,33+,34+,35+,36+,37+,38-/m1/s1. The van der Waals surface area contributed by atoms with E-state index in [9.17, 15) is 0 Å². The third kappa shape index (κ3) is 2.28. The molecule has 0 N–H and O–H groups in total. The lowest BCUT2D eigenvalue weighted by Gasteiger charge is -2.65. The first-order valence-electron chi connectivity index (χ1n) is 17.6. The number of piperidine rings is 2. The van der Waals surface area contributed by atoms with Gasteiger partial charge in [-0.05, 0) is 73.9 Å². The van der Waals surface area contributed by atoms with Crippen LogP contribution < -0.4 is 9.80 Å². The number of para-hydroxylation sites is 2. The van der Waals surface area contributed by atoms with Gasteiger partial charge in [-0.2, -0.15) is 0 Å². The zero-order valence-electron chi connectivity index (χ0n) is 25.2. The average molecular weight is 585 g/mol. The molecule has 9 heterocycles. The summed E-state index contributed by atoms with van der Waals surface area (Å²) in [5.74, 6) is 1.96. The van der Waals surface area contributed by atoms with Crippen LogP contribution in [0.5, 0.6) is 0 Å². The average Bonchev–Trinajstić information content (AvgIpc) is 3.71. The fraction of sp³-hybridized carbons (Fsp3) is 0.579. The highest BCUT2D eigenvalue weighted by Gasteiger charge is 2.76. The molecule has 11 aliphatic rings. The zero-order valence-corrected chi connectivity index (χ0v) is 25.2. The van der Waals surface area contributed by atoms with E-state index in [1.807, 2.05) is 0 Å². The number of benzene rings is 2. The third-order valence-electron chi connectivity index (χ3n) is 15.5. The van der Waals surface area contributed by atoms with Crippen molar-refractivity contribution >= 4 is 11.4 Å². The Morgan fingerprint density at radius 2 is 1.09 bits per heavy atom. The molecular formula is C38H40N4O2. The Kier molecular flexibility index (Phi) is 4.03. The Hall–Kier alpha value is -2.64. The molecule has 224 valence electrons. The smallest absolute Gasteiger partial charge is 0.136 e. The summed E-state index contributed by atoms with van der Waals surface area (Å²) in [6.07, 6.45) is 10.3. The van der Waals surface area contributed by atoms with Crippen LogP contribution in [-0.2, 0) is 20.3 Å². The van der Waals surface area contributed by atoms with Crippen molar-refractivity contribution in [2.45, 2.75) is 73.1 Å². The lowest BCUT2D eigenvalue weighted by atomic mass is 9.52. The Morgan fingerprint density at radius 1 is 0.614 bits per heavy atom. The quantitative estimate of drug-likeness (QED) is 0.431. The van der Waals surface area contributed by atoms with Crippen LogP contribution >= 0.6 is 0 Å². The Labute approximate surface area is 259 Å². The monoisotopic (exact) mass is 584 g/mol. The van der Waals surface area contributed by atoms with E-state index in [-0.39, 0.29) is 23.3 Å². The van der Waals surface area contributed by atoms with Gasteiger partial charge in [0, 0.05) is 59.2 Å². The van der Waals surface area contributed by atoms with Crippen molar-refractivity contribution in [3.05, 3.63) is 83.0 Å². The summed E-state index contributed by atoms with van der Waals surface area (Å²) in [6.45, 7) is 6.18. The van der Waals surface area contributed by atoms with Gasteiger partial charge in [-0.15, -0.1) is 0 Å². The molecule has 13 rings (SSSR count). The van der Waals surface area contributed by atoms with Gasteiger partial charge < -0.3 is 19.3 Å². The molecule has 0 unspecified atom stereocenters. The van der Waals surface area contributed by atoms with Crippen LogP contribution in [-0.4, -0.2) is 85.8 Å². The summed E-state index contributed by atoms with van der Waals surface area (Å²) in [4.78, 5) is 11.6. The fourth-order valence-corrected chi connectivity index (χ4v) is 14.5. The number of ether oxygens (including phenoxy) is 2. The third-order valence-corrected chi connectivity index (χ3v) is 15.5. The molecule has 9 aliphatic heterocycles. The maximum Gasteiger partial charge on any atom is 0.136 e. The van der Waals surface area contributed by atoms with Crippen molar-refractivity contribution in [1.82, 2.24) is 9.80 Å². The summed E-state index contributed by atoms with van der Waals surface area (Å²) in [5.41, 5.74) is 9.81. The van der Waals surface area contributed by atoms with Gasteiger partial charge in [0.15, 0.2) is 0 Å². The van der Waals surface area contributed by atoms with Gasteiger partial charge in [0.05, 0.1) is 25.3 Å². The number of hydrogen-bond acceptors (Lipinski definition) is 6. The van der Waals surface area contributed by atoms with Crippen LogP contribution in [0.15, 0.2) is 71.8 Å². The van der Waals surface area contributed by atoms with Gasteiger partial charge in [-0.3, -0.25) is 9.80 Å². The minimum absolute atomic E-state index is 0.0792. The molecule has 44 heavy (non-hydrogen) atoms. The van der Waals surface area contributed by atoms with Gasteiger partial charge in [0.25, 0.3) is 0 Å². The van der Waals surface area contributed by atoms with E-state index >= 15 is 0 Å². The summed E-state index contributed by atoms with van der Waals surface area (Å²) in [7, 11) is 0. The van der Waals surface area contributed by atoms with Gasteiger partial charge in [0.1, 0.15) is 12.5 Å². The van der Waals surface area contributed by atoms with Crippen LogP contribution in [0.2, 0.25) is 0 Å². The fourth-order valence-electron chi connectivity index (χ4n) is 14.5. The van der Waals surface area contributed by atoms with E-state index in [0.717, 1.165) is 26.3 Å². The van der Waals surface area contributed by atoms with E-state index in [0.29, 0.717) is 47.8 Å². The molecule has 0 amide bonds. The maximum atomic E-state index is 7.36. The van der Waals surface area contributed by atoms with Crippen LogP contribution in [0.25, 0.3) is 0 Å². The van der Waals surface area contributed by atoms with E-state index < -0.39 is 0 Å². The molecule has 5 saturated heterocycles. The topological polar surface area (TPSA) is 31.4 Å². The van der Waals surface area contributed by atoms with Gasteiger partial charge in [0.2, 0.25) is 0 Å². The number of nitrogens with zero attached hydrogens (tertiary/aromatic N) is 4. The van der Waals surface area contributed by atoms with Crippen LogP contribution in [0.1, 0.15) is 36.8 Å². The molecule has 6 heteroatoms. The molecule has 2 spiro atoms. The van der Waals surface area contributed by atoms with E-state index in [1.165, 1.54) is 50.1 Å². The SMILES string of the molecule is C1=C2CN3CC[C@@]45c6ccccc6N6[C@H]4[C@@H]([C@@H]2C[C@@H]35)[C@H](OC1)N1c2ccccc2[C@]23CCN4CC5=CCO[C@H]6[C@H]([C@@H]5C[C@H]42)[C@H]13. The summed E-state index contributed by atoms with van der Waals surface area (Å²) >= 11 is 0. The number of rotatable bonds is 0. The number of hydrogen-bond donors (Lipinski definition) is 0. The first-order valence-corrected chi connectivity index (χ1v) is 17.6. The van der Waals surface area contributed by atoms with Crippen LogP contribution in [0.4, 0.5) is 11.4 Å². The molecule has 6 nitrogen and oxygen atoms in total. The predicted molar refractivity (Wildman–Crippen MR) is 168 cm³/mol. The molecule has 2 aromatic rings. The molecular weight excluding hydrogens is 544 g/mol. The van der Waals surface area contributed by atoms with Crippen molar-refractivity contribution in [1.29, 1.82) is 0 Å². The second kappa shape index (κ2) is 7.49. The molecule has 2 aliphatic carbocycles. The van der Waals surface area contributed by atoms with E-state index in [1.54, 1.807) is 22.3 Å². The molecule has 12 atom stereocenters. The number of fused-ring (bicyclic) bond motifs is 6.